The van der Waals surface area contributed by atoms with Crippen molar-refractivity contribution in [1.82, 2.24) is 4.90 Å². The van der Waals surface area contributed by atoms with Gasteiger partial charge in [0.05, 0.1) is 6.61 Å². The van der Waals surface area contributed by atoms with E-state index in [2.05, 4.69) is 4.52 Å². The Kier molecular flexibility index (Phi) is 14.3. The Hall–Kier alpha value is -1.61. The van der Waals surface area contributed by atoms with Crippen LogP contribution in [0.2, 0.25) is 0 Å². The first kappa shape index (κ1) is 28.2. The van der Waals surface area contributed by atoms with Gasteiger partial charge in [0.25, 0.3) is 0 Å². The van der Waals surface area contributed by atoms with Crippen molar-refractivity contribution in [1.29, 1.82) is 5.41 Å². The van der Waals surface area contributed by atoms with Crippen molar-refractivity contribution in [3.8, 4) is 0 Å². The molecule has 0 radical (unpaired) electrons. The summed E-state index contributed by atoms with van der Waals surface area (Å²) in [6.07, 6.45) is -1.91. The lowest BCUT2D eigenvalue weighted by Crippen LogP contribution is -2.36. The standard InChI is InChI=1S/C4H9N3O2.C3H7O7P.H3O4P/c1-7(4(5)6)2-3(8)9;4-2(3(5)6)1-10-11(7,8)9;1-5(2,3)4/h2H2,1H3,(H3,5,6)(H,8,9);2,4H,1H2,(H,5,6)(H2,7,8,9);(H3,1,2,3,4). The van der Waals surface area contributed by atoms with E-state index in [0.29, 0.717) is 0 Å². The molecule has 0 saturated heterocycles. The number of phosphoric acid groups is 2. The molecule has 0 amide bonds. The van der Waals surface area contributed by atoms with Gasteiger partial charge in [0, 0.05) is 7.05 Å². The summed E-state index contributed by atoms with van der Waals surface area (Å²) >= 11 is 0. The van der Waals surface area contributed by atoms with E-state index in [1.54, 1.807) is 0 Å². The number of nitrogens with two attached hydrogens (primary N) is 1. The van der Waals surface area contributed by atoms with E-state index in [9.17, 15) is 14.2 Å². The molecule has 0 spiro atoms. The van der Waals surface area contributed by atoms with Crippen LogP contribution in [0.4, 0.5) is 0 Å². The van der Waals surface area contributed by atoms with Gasteiger partial charge in [0.2, 0.25) is 0 Å². The first-order valence-electron chi connectivity index (χ1n) is 5.53. The van der Waals surface area contributed by atoms with E-state index in [1.807, 2.05) is 0 Å². The maximum absolute atomic E-state index is 9.93. The third-order valence-electron chi connectivity index (χ3n) is 1.47. The van der Waals surface area contributed by atoms with Gasteiger partial charge >= 0.3 is 27.6 Å². The molecule has 0 fully saturated rings. The van der Waals surface area contributed by atoms with Crippen LogP contribution >= 0.6 is 15.6 Å². The van der Waals surface area contributed by atoms with E-state index < -0.39 is 40.3 Å². The maximum atomic E-state index is 9.93. The summed E-state index contributed by atoms with van der Waals surface area (Å²) in [5, 5.41) is 31.3. The number of nitrogens with zero attached hydrogens (tertiary/aromatic N) is 1. The number of rotatable bonds is 6. The number of aliphatic hydroxyl groups excluding tert-OH is 1. The van der Waals surface area contributed by atoms with Crippen LogP contribution < -0.4 is 5.73 Å². The van der Waals surface area contributed by atoms with E-state index in [1.165, 1.54) is 7.05 Å². The topological polar surface area (TPSA) is 292 Å². The molecule has 1 atom stereocenters. The SMILES string of the molecule is CN(CC(=O)O)C(=N)N.O=C(O)C(O)COP(=O)(O)O.O=P(O)(O)O. The molecule has 150 valence electrons. The molecule has 1 unspecified atom stereocenters. The zero-order valence-corrected chi connectivity index (χ0v) is 14.3. The number of hydrogen-bond acceptors (Lipinski definition) is 7. The first-order valence-corrected chi connectivity index (χ1v) is 8.62. The van der Waals surface area contributed by atoms with Gasteiger partial charge in [-0.05, 0) is 0 Å². The van der Waals surface area contributed by atoms with Crippen LogP contribution in [-0.2, 0) is 23.2 Å². The van der Waals surface area contributed by atoms with Crippen molar-refractivity contribution in [2.24, 2.45) is 5.73 Å². The minimum atomic E-state index is -4.68. The smallest absolute Gasteiger partial charge is 0.469 e. The number of nitrogens with one attached hydrogen (secondary N) is 1. The molecule has 25 heavy (non-hydrogen) atoms. The van der Waals surface area contributed by atoms with Crippen LogP contribution in [0.1, 0.15) is 0 Å². The van der Waals surface area contributed by atoms with Crippen molar-refractivity contribution >= 4 is 33.5 Å². The Morgan fingerprint density at radius 3 is 1.68 bits per heavy atom. The van der Waals surface area contributed by atoms with Crippen molar-refractivity contribution < 1.29 is 63.0 Å². The minimum Gasteiger partial charge on any atom is -0.480 e. The summed E-state index contributed by atoms with van der Waals surface area (Å²) in [4.78, 5) is 58.5. The van der Waals surface area contributed by atoms with Gasteiger partial charge in [-0.25, -0.2) is 13.9 Å². The lowest BCUT2D eigenvalue weighted by atomic mass is 10.4. The molecule has 0 bridgehead atoms. The van der Waals surface area contributed by atoms with Crippen molar-refractivity contribution in [2.75, 3.05) is 20.2 Å². The number of aliphatic carboxylic acids is 2. The van der Waals surface area contributed by atoms with Crippen LogP contribution in [0.25, 0.3) is 0 Å². The molecule has 0 rings (SSSR count). The summed E-state index contributed by atoms with van der Waals surface area (Å²) in [5.41, 5.74) is 4.93. The normalized spacial score (nSPS) is 11.8. The highest BCUT2D eigenvalue weighted by Gasteiger charge is 2.20. The summed E-state index contributed by atoms with van der Waals surface area (Å²) in [5.74, 6) is -2.83. The summed E-state index contributed by atoms with van der Waals surface area (Å²) < 4.78 is 22.5. The van der Waals surface area contributed by atoms with Crippen LogP contribution in [0, 0.1) is 5.41 Å². The molecule has 0 aliphatic rings. The number of guanidine groups is 1. The van der Waals surface area contributed by atoms with Crippen molar-refractivity contribution in [2.45, 2.75) is 6.10 Å². The molecule has 0 aromatic heterocycles. The third-order valence-corrected chi connectivity index (χ3v) is 1.95. The Balaban J connectivity index is -0.000000311. The predicted molar refractivity (Wildman–Crippen MR) is 78.1 cm³/mol. The van der Waals surface area contributed by atoms with Crippen LogP contribution in [0.3, 0.4) is 0 Å². The average molecular weight is 415 g/mol. The lowest BCUT2D eigenvalue weighted by molar-refractivity contribution is -0.148. The number of carbonyl (C=O) groups is 2. The lowest BCUT2D eigenvalue weighted by Gasteiger charge is -2.12. The number of likely N-dealkylation sites (N-methyl/N-ethyl adjacent to an activating group) is 1. The molecule has 18 heteroatoms. The monoisotopic (exact) mass is 415 g/mol. The second-order valence-electron chi connectivity index (χ2n) is 3.79. The fourth-order valence-electron chi connectivity index (χ4n) is 0.527. The Bertz CT molecular complexity index is 519. The second-order valence-corrected chi connectivity index (χ2v) is 6.05. The van der Waals surface area contributed by atoms with Crippen molar-refractivity contribution in [3.05, 3.63) is 0 Å². The Morgan fingerprint density at radius 2 is 1.52 bits per heavy atom. The van der Waals surface area contributed by atoms with Crippen LogP contribution in [-0.4, -0.2) is 88.9 Å². The zero-order valence-electron chi connectivity index (χ0n) is 12.5. The molecular formula is C7H19N3O13P2. The van der Waals surface area contributed by atoms with Crippen molar-refractivity contribution in [3.63, 3.8) is 0 Å². The highest BCUT2D eigenvalue weighted by Crippen LogP contribution is 2.35. The molecule has 0 heterocycles. The van der Waals surface area contributed by atoms with Gasteiger partial charge in [-0.3, -0.25) is 14.7 Å². The average Bonchev–Trinajstić information content (AvgIpc) is 2.32. The van der Waals surface area contributed by atoms with E-state index in [-0.39, 0.29) is 12.5 Å². The predicted octanol–water partition coefficient (Wildman–Crippen LogP) is -3.49. The highest BCUT2D eigenvalue weighted by molar-refractivity contribution is 7.46. The summed E-state index contributed by atoms with van der Waals surface area (Å²) in [6, 6.07) is 0. The quantitative estimate of drug-likeness (QED) is 0.114. The largest absolute Gasteiger partial charge is 0.480 e. The molecule has 11 N–H and O–H groups in total. The number of carboxylic acid groups (broad SMARTS) is 2. The molecule has 16 nitrogen and oxygen atoms in total. The summed E-state index contributed by atoms with van der Waals surface area (Å²) in [6.45, 7) is -1.16. The van der Waals surface area contributed by atoms with Gasteiger partial charge < -0.3 is 50.4 Å². The number of hydrogen-bond donors (Lipinski definition) is 10. The molecule has 0 aromatic rings. The van der Waals surface area contributed by atoms with Gasteiger partial charge in [-0.1, -0.05) is 0 Å². The van der Waals surface area contributed by atoms with Gasteiger partial charge in [0.1, 0.15) is 6.54 Å². The Morgan fingerprint density at radius 1 is 1.16 bits per heavy atom. The van der Waals surface area contributed by atoms with Gasteiger partial charge in [-0.2, -0.15) is 0 Å². The minimum absolute atomic E-state index is 0.227. The number of phosphoric ester groups is 1. The second kappa shape index (κ2) is 12.7. The summed E-state index contributed by atoms with van der Waals surface area (Å²) in [7, 11) is -7.88. The van der Waals surface area contributed by atoms with Gasteiger partial charge in [0.15, 0.2) is 12.1 Å². The van der Waals surface area contributed by atoms with Gasteiger partial charge in [-0.15, -0.1) is 0 Å². The van der Waals surface area contributed by atoms with E-state index in [4.69, 9.17) is 55.5 Å². The van der Waals surface area contributed by atoms with E-state index in [0.717, 1.165) is 4.90 Å². The zero-order chi connectivity index (χ0) is 21.0. The fourth-order valence-corrected chi connectivity index (χ4v) is 0.862. The molecular weight excluding hydrogens is 396 g/mol. The number of carboxylic acids is 2. The van der Waals surface area contributed by atoms with E-state index >= 15 is 0 Å². The Labute approximate surface area is 140 Å². The molecule has 0 aliphatic carbocycles. The number of aliphatic hydroxyl groups is 1. The third kappa shape index (κ3) is 34.7. The molecule has 0 aliphatic heterocycles. The first-order chi connectivity index (χ1) is 10.9. The van der Waals surface area contributed by atoms with Crippen LogP contribution in [0.5, 0.6) is 0 Å². The molecule has 0 saturated carbocycles. The maximum Gasteiger partial charge on any atom is 0.469 e. The fraction of sp³-hybridized carbons (Fsp3) is 0.571. The highest BCUT2D eigenvalue weighted by atomic mass is 31.2. The van der Waals surface area contributed by atoms with Crippen LogP contribution in [0.15, 0.2) is 0 Å². The molecule has 0 aromatic carbocycles.